The molecule has 0 fully saturated rings. The van der Waals surface area contributed by atoms with Crippen LogP contribution in [-0.2, 0) is 6.18 Å². The van der Waals surface area contributed by atoms with Gasteiger partial charge in [0.15, 0.2) is 0 Å². The highest BCUT2D eigenvalue weighted by Gasteiger charge is 2.33. The number of para-hydroxylation sites is 1. The summed E-state index contributed by atoms with van der Waals surface area (Å²) in [5.74, 6) is 0. The Morgan fingerprint density at radius 1 is 1.19 bits per heavy atom. The summed E-state index contributed by atoms with van der Waals surface area (Å²) in [4.78, 5) is 0. The van der Waals surface area contributed by atoms with Crippen molar-refractivity contribution in [1.82, 2.24) is 9.78 Å². The van der Waals surface area contributed by atoms with Gasteiger partial charge in [0.25, 0.3) is 0 Å². The molecule has 1 heterocycles. The van der Waals surface area contributed by atoms with Crippen LogP contribution in [0.15, 0.2) is 36.7 Å². The van der Waals surface area contributed by atoms with Gasteiger partial charge in [-0.05, 0) is 12.1 Å². The van der Waals surface area contributed by atoms with Gasteiger partial charge in [0.05, 0.1) is 22.5 Å². The van der Waals surface area contributed by atoms with Crippen LogP contribution >= 0.6 is 11.6 Å². The Morgan fingerprint density at radius 2 is 1.88 bits per heavy atom. The summed E-state index contributed by atoms with van der Waals surface area (Å²) < 4.78 is 39.1. The number of halogens is 4. The molecular formula is C10H6ClF3N2. The number of aromatic nitrogens is 2. The molecule has 0 unspecified atom stereocenters. The molecule has 0 radical (unpaired) electrons. The van der Waals surface area contributed by atoms with E-state index in [1.165, 1.54) is 30.6 Å². The zero-order valence-electron chi connectivity index (χ0n) is 7.87. The predicted octanol–water partition coefficient (Wildman–Crippen LogP) is 3.54. The van der Waals surface area contributed by atoms with E-state index in [1.807, 2.05) is 0 Å². The van der Waals surface area contributed by atoms with Crippen LogP contribution in [0.4, 0.5) is 13.2 Å². The third kappa shape index (κ3) is 2.04. The number of alkyl halides is 3. The monoisotopic (exact) mass is 246 g/mol. The van der Waals surface area contributed by atoms with Gasteiger partial charge in [0, 0.05) is 6.20 Å². The summed E-state index contributed by atoms with van der Waals surface area (Å²) in [6.07, 6.45) is -1.80. The van der Waals surface area contributed by atoms with E-state index in [9.17, 15) is 13.2 Å². The van der Waals surface area contributed by atoms with E-state index in [-0.39, 0.29) is 10.7 Å². The van der Waals surface area contributed by atoms with Crippen molar-refractivity contribution in [2.24, 2.45) is 0 Å². The van der Waals surface area contributed by atoms with Gasteiger partial charge in [-0.3, -0.25) is 0 Å². The molecule has 2 nitrogen and oxygen atoms in total. The molecule has 0 atom stereocenters. The Bertz CT molecular complexity index is 505. The minimum Gasteiger partial charge on any atom is -0.239 e. The van der Waals surface area contributed by atoms with E-state index in [2.05, 4.69) is 5.10 Å². The van der Waals surface area contributed by atoms with Crippen molar-refractivity contribution in [2.45, 2.75) is 6.18 Å². The third-order valence-corrected chi connectivity index (χ3v) is 2.20. The minimum absolute atomic E-state index is 0.0399. The molecule has 0 N–H and O–H groups in total. The van der Waals surface area contributed by atoms with Gasteiger partial charge in [-0.1, -0.05) is 23.7 Å². The smallest absolute Gasteiger partial charge is 0.239 e. The first-order valence-electron chi connectivity index (χ1n) is 4.35. The van der Waals surface area contributed by atoms with Gasteiger partial charge in [0.2, 0.25) is 0 Å². The van der Waals surface area contributed by atoms with E-state index in [0.29, 0.717) is 0 Å². The van der Waals surface area contributed by atoms with E-state index >= 15 is 0 Å². The summed E-state index contributed by atoms with van der Waals surface area (Å²) in [6, 6.07) is 5.19. The minimum atomic E-state index is -4.41. The molecule has 84 valence electrons. The fourth-order valence-electron chi connectivity index (χ4n) is 1.35. The lowest BCUT2D eigenvalue weighted by molar-refractivity contribution is -0.137. The van der Waals surface area contributed by atoms with Crippen LogP contribution in [0, 0.1) is 0 Å². The summed E-state index contributed by atoms with van der Waals surface area (Å²) in [5.41, 5.74) is -0.781. The first-order valence-corrected chi connectivity index (χ1v) is 4.73. The predicted molar refractivity (Wildman–Crippen MR) is 53.6 cm³/mol. The maximum absolute atomic E-state index is 12.7. The quantitative estimate of drug-likeness (QED) is 0.752. The summed E-state index contributed by atoms with van der Waals surface area (Å²) in [6.45, 7) is 0. The van der Waals surface area contributed by atoms with E-state index in [4.69, 9.17) is 11.6 Å². The van der Waals surface area contributed by atoms with Crippen molar-refractivity contribution < 1.29 is 13.2 Å². The molecule has 6 heteroatoms. The zero-order chi connectivity index (χ0) is 11.8. The van der Waals surface area contributed by atoms with Crippen molar-refractivity contribution in [3.8, 4) is 5.69 Å². The average Bonchev–Trinajstić information content (AvgIpc) is 2.64. The Balaban J connectivity index is 2.57. The maximum Gasteiger partial charge on any atom is 0.418 e. The van der Waals surface area contributed by atoms with E-state index in [0.717, 1.165) is 10.7 Å². The Hall–Kier alpha value is -1.49. The van der Waals surface area contributed by atoms with Gasteiger partial charge in [-0.25, -0.2) is 4.68 Å². The normalized spacial score (nSPS) is 11.8. The lowest BCUT2D eigenvalue weighted by Crippen LogP contribution is -2.10. The fraction of sp³-hybridized carbons (Fsp3) is 0.100. The van der Waals surface area contributed by atoms with Crippen molar-refractivity contribution >= 4 is 11.6 Å². The Labute approximate surface area is 94.3 Å². The molecule has 0 bridgehead atoms. The van der Waals surface area contributed by atoms with Crippen LogP contribution in [0.5, 0.6) is 0 Å². The standard InChI is InChI=1S/C10H6ClF3N2/c11-7-5-15-16(6-7)9-4-2-1-3-8(9)10(12,13)14/h1-6H. The molecule has 2 rings (SSSR count). The molecule has 1 aromatic carbocycles. The third-order valence-electron chi connectivity index (χ3n) is 2.01. The van der Waals surface area contributed by atoms with Crippen molar-refractivity contribution in [3.63, 3.8) is 0 Å². The largest absolute Gasteiger partial charge is 0.418 e. The van der Waals surface area contributed by atoms with Crippen molar-refractivity contribution in [2.75, 3.05) is 0 Å². The molecule has 0 aliphatic heterocycles. The molecule has 0 saturated heterocycles. The van der Waals surface area contributed by atoms with E-state index in [1.54, 1.807) is 0 Å². The van der Waals surface area contributed by atoms with Gasteiger partial charge in [0.1, 0.15) is 0 Å². The SMILES string of the molecule is FC(F)(F)c1ccccc1-n1cc(Cl)cn1. The molecule has 0 aliphatic carbocycles. The topological polar surface area (TPSA) is 17.8 Å². The van der Waals surface area contributed by atoms with E-state index < -0.39 is 11.7 Å². The highest BCUT2D eigenvalue weighted by atomic mass is 35.5. The van der Waals surface area contributed by atoms with Gasteiger partial charge in [-0.2, -0.15) is 18.3 Å². The second-order valence-electron chi connectivity index (χ2n) is 3.12. The Kier molecular flexibility index (Phi) is 2.63. The molecule has 0 aliphatic rings. The van der Waals surface area contributed by atoms with Crippen molar-refractivity contribution in [3.05, 3.63) is 47.2 Å². The molecule has 2 aromatic rings. The van der Waals surface area contributed by atoms with Crippen LogP contribution in [0.1, 0.15) is 5.56 Å². The highest BCUT2D eigenvalue weighted by molar-refractivity contribution is 6.30. The Morgan fingerprint density at radius 3 is 2.44 bits per heavy atom. The molecule has 16 heavy (non-hydrogen) atoms. The fourth-order valence-corrected chi connectivity index (χ4v) is 1.48. The summed E-state index contributed by atoms with van der Waals surface area (Å²) in [5, 5.41) is 4.03. The van der Waals surface area contributed by atoms with Crippen LogP contribution in [0.2, 0.25) is 5.02 Å². The van der Waals surface area contributed by atoms with Gasteiger partial charge < -0.3 is 0 Å². The second kappa shape index (κ2) is 3.83. The number of hydrogen-bond donors (Lipinski definition) is 0. The maximum atomic E-state index is 12.7. The number of rotatable bonds is 1. The molecule has 0 amide bonds. The van der Waals surface area contributed by atoms with Gasteiger partial charge in [-0.15, -0.1) is 0 Å². The highest BCUT2D eigenvalue weighted by Crippen LogP contribution is 2.33. The molecule has 1 aromatic heterocycles. The van der Waals surface area contributed by atoms with Crippen LogP contribution < -0.4 is 0 Å². The molecule has 0 saturated carbocycles. The zero-order valence-corrected chi connectivity index (χ0v) is 8.63. The van der Waals surface area contributed by atoms with Gasteiger partial charge >= 0.3 is 6.18 Å². The average molecular weight is 247 g/mol. The van der Waals surface area contributed by atoms with Crippen LogP contribution in [0.3, 0.4) is 0 Å². The lowest BCUT2D eigenvalue weighted by atomic mass is 10.2. The van der Waals surface area contributed by atoms with Crippen LogP contribution in [0.25, 0.3) is 5.69 Å². The number of nitrogens with zero attached hydrogens (tertiary/aromatic N) is 2. The van der Waals surface area contributed by atoms with Crippen LogP contribution in [-0.4, -0.2) is 9.78 Å². The second-order valence-corrected chi connectivity index (χ2v) is 3.55. The molecule has 0 spiro atoms. The number of hydrogen-bond acceptors (Lipinski definition) is 1. The lowest BCUT2D eigenvalue weighted by Gasteiger charge is -2.11. The summed E-state index contributed by atoms with van der Waals surface area (Å²) in [7, 11) is 0. The molecular weight excluding hydrogens is 241 g/mol. The first-order chi connectivity index (χ1) is 7.48. The summed E-state index contributed by atoms with van der Waals surface area (Å²) >= 11 is 5.61. The van der Waals surface area contributed by atoms with Crippen molar-refractivity contribution in [1.29, 1.82) is 0 Å². The first kappa shape index (κ1) is 11.0. The number of benzene rings is 1.